The molecule has 0 aliphatic carbocycles. The summed E-state index contributed by atoms with van der Waals surface area (Å²) in [5, 5.41) is 0.728. The molecule has 0 saturated carbocycles. The fourth-order valence-corrected chi connectivity index (χ4v) is 2.50. The van der Waals surface area contributed by atoms with E-state index in [-0.39, 0.29) is 18.1 Å². The molecule has 1 amide bonds. The normalized spacial score (nSPS) is 12.0. The molecule has 3 N–H and O–H groups in total. The number of carbonyl (C=O) groups excluding carboxylic acids is 2. The molecule has 1 aromatic heterocycles. The van der Waals surface area contributed by atoms with Gasteiger partial charge in [0.15, 0.2) is 5.78 Å². The third-order valence-electron chi connectivity index (χ3n) is 3.83. The van der Waals surface area contributed by atoms with E-state index in [9.17, 15) is 9.59 Å². The van der Waals surface area contributed by atoms with Crippen molar-refractivity contribution < 1.29 is 14.3 Å². The first-order valence-corrected chi connectivity index (χ1v) is 7.52. The highest BCUT2D eigenvalue weighted by Crippen LogP contribution is 2.29. The Labute approximate surface area is 135 Å². The van der Waals surface area contributed by atoms with Crippen LogP contribution in [0, 0.1) is 5.92 Å². The SMILES string of the molecule is CCc1ccc2c(C(=O)[C@@H](C)CC(=O)NN)ccc(OC)c2n1. The van der Waals surface area contributed by atoms with E-state index in [4.69, 9.17) is 10.6 Å². The number of ether oxygens (including phenoxy) is 1. The second kappa shape index (κ2) is 7.19. The summed E-state index contributed by atoms with van der Waals surface area (Å²) in [6.45, 7) is 3.73. The zero-order valence-electron chi connectivity index (χ0n) is 13.6. The lowest BCUT2D eigenvalue weighted by atomic mass is 9.93. The number of Topliss-reactive ketones (excluding diaryl/α,β-unsaturated/α-hetero) is 1. The summed E-state index contributed by atoms with van der Waals surface area (Å²) in [5.74, 6) is 4.75. The molecule has 0 radical (unpaired) electrons. The van der Waals surface area contributed by atoms with E-state index in [1.165, 1.54) is 0 Å². The van der Waals surface area contributed by atoms with Gasteiger partial charge >= 0.3 is 0 Å². The summed E-state index contributed by atoms with van der Waals surface area (Å²) in [4.78, 5) is 28.6. The zero-order valence-corrected chi connectivity index (χ0v) is 13.6. The maximum absolute atomic E-state index is 12.7. The number of hydrazine groups is 1. The molecule has 0 bridgehead atoms. The molecular weight excluding hydrogens is 294 g/mol. The number of benzene rings is 1. The molecule has 0 unspecified atom stereocenters. The Morgan fingerprint density at radius 1 is 1.30 bits per heavy atom. The van der Waals surface area contributed by atoms with E-state index in [2.05, 4.69) is 4.98 Å². The average Bonchev–Trinajstić information content (AvgIpc) is 2.59. The van der Waals surface area contributed by atoms with E-state index >= 15 is 0 Å². The smallest absolute Gasteiger partial charge is 0.234 e. The Balaban J connectivity index is 2.49. The number of hydrogen-bond donors (Lipinski definition) is 2. The number of rotatable bonds is 6. The van der Waals surface area contributed by atoms with Gasteiger partial charge in [-0.3, -0.25) is 15.0 Å². The first-order chi connectivity index (χ1) is 11.0. The van der Waals surface area contributed by atoms with Crippen LogP contribution in [0.25, 0.3) is 10.9 Å². The number of nitrogens with zero attached hydrogens (tertiary/aromatic N) is 1. The van der Waals surface area contributed by atoms with Gasteiger partial charge in [-0.05, 0) is 24.6 Å². The Bertz CT molecular complexity index is 743. The summed E-state index contributed by atoms with van der Waals surface area (Å²) >= 11 is 0. The van der Waals surface area contributed by atoms with Crippen LogP contribution < -0.4 is 16.0 Å². The van der Waals surface area contributed by atoms with Crippen molar-refractivity contribution in [1.29, 1.82) is 0 Å². The minimum absolute atomic E-state index is 0.0450. The van der Waals surface area contributed by atoms with Crippen LogP contribution in [-0.2, 0) is 11.2 Å². The van der Waals surface area contributed by atoms with Gasteiger partial charge in [-0.2, -0.15) is 0 Å². The van der Waals surface area contributed by atoms with Gasteiger partial charge in [0.2, 0.25) is 5.91 Å². The van der Waals surface area contributed by atoms with Crippen molar-refractivity contribution in [3.05, 3.63) is 35.5 Å². The van der Waals surface area contributed by atoms with E-state index < -0.39 is 5.92 Å². The molecule has 0 saturated heterocycles. The highest BCUT2D eigenvalue weighted by atomic mass is 16.5. The molecule has 1 heterocycles. The van der Waals surface area contributed by atoms with Crippen LogP contribution in [0.2, 0.25) is 0 Å². The van der Waals surface area contributed by atoms with Crippen LogP contribution in [0.3, 0.4) is 0 Å². The molecule has 2 aromatic rings. The number of nitrogens with one attached hydrogen (secondary N) is 1. The molecule has 6 heteroatoms. The van der Waals surface area contributed by atoms with Crippen molar-refractivity contribution in [2.24, 2.45) is 11.8 Å². The van der Waals surface area contributed by atoms with E-state index in [0.29, 0.717) is 16.8 Å². The van der Waals surface area contributed by atoms with Crippen molar-refractivity contribution >= 4 is 22.6 Å². The maximum Gasteiger partial charge on any atom is 0.234 e. The molecule has 23 heavy (non-hydrogen) atoms. The van der Waals surface area contributed by atoms with Gasteiger partial charge < -0.3 is 4.74 Å². The largest absolute Gasteiger partial charge is 0.494 e. The topological polar surface area (TPSA) is 94.3 Å². The second-order valence-electron chi connectivity index (χ2n) is 5.40. The lowest BCUT2D eigenvalue weighted by Crippen LogP contribution is -2.32. The number of nitrogens with two attached hydrogens (primary N) is 1. The van der Waals surface area contributed by atoms with Crippen molar-refractivity contribution in [3.8, 4) is 5.75 Å². The van der Waals surface area contributed by atoms with Crippen LogP contribution in [0.1, 0.15) is 36.3 Å². The Hall–Kier alpha value is -2.47. The predicted octanol–water partition coefficient (Wildman–Crippen LogP) is 2.00. The maximum atomic E-state index is 12.7. The Morgan fingerprint density at radius 2 is 2.04 bits per heavy atom. The van der Waals surface area contributed by atoms with E-state index in [0.717, 1.165) is 17.5 Å². The minimum atomic E-state index is -0.471. The standard InChI is InChI=1S/C17H21N3O3/c1-4-11-5-6-12-13(7-8-14(23-3)16(12)19-11)17(22)10(2)9-15(21)20-18/h5-8,10H,4,9,18H2,1-3H3,(H,20,21)/t10-/m0/s1. The number of ketones is 1. The molecule has 0 spiro atoms. The van der Waals surface area contributed by atoms with Crippen molar-refractivity contribution in [2.45, 2.75) is 26.7 Å². The number of aryl methyl sites for hydroxylation is 1. The molecule has 1 atom stereocenters. The quantitative estimate of drug-likeness (QED) is 0.368. The fourth-order valence-electron chi connectivity index (χ4n) is 2.50. The van der Waals surface area contributed by atoms with Crippen LogP contribution in [0.15, 0.2) is 24.3 Å². The number of hydrogen-bond acceptors (Lipinski definition) is 5. The molecule has 0 fully saturated rings. The number of amides is 1. The summed E-state index contributed by atoms with van der Waals surface area (Å²) in [6.07, 6.45) is 0.841. The molecular formula is C17H21N3O3. The molecule has 122 valence electrons. The molecule has 2 rings (SSSR count). The van der Waals surface area contributed by atoms with Crippen LogP contribution in [0.5, 0.6) is 5.75 Å². The first kappa shape index (κ1) is 16.9. The predicted molar refractivity (Wildman–Crippen MR) is 88.1 cm³/mol. The summed E-state index contributed by atoms with van der Waals surface area (Å²) in [6, 6.07) is 7.23. The number of aromatic nitrogens is 1. The van der Waals surface area contributed by atoms with Crippen molar-refractivity contribution in [2.75, 3.05) is 7.11 Å². The van der Waals surface area contributed by atoms with Crippen molar-refractivity contribution in [1.82, 2.24) is 10.4 Å². The molecule has 0 aliphatic heterocycles. The first-order valence-electron chi connectivity index (χ1n) is 7.52. The van der Waals surface area contributed by atoms with E-state index in [1.54, 1.807) is 26.2 Å². The van der Waals surface area contributed by atoms with Gasteiger partial charge in [0, 0.05) is 29.0 Å². The molecule has 6 nitrogen and oxygen atoms in total. The number of carbonyl (C=O) groups is 2. The number of pyridine rings is 1. The monoisotopic (exact) mass is 315 g/mol. The van der Waals surface area contributed by atoms with Crippen LogP contribution >= 0.6 is 0 Å². The highest BCUT2D eigenvalue weighted by molar-refractivity contribution is 6.10. The zero-order chi connectivity index (χ0) is 17.0. The number of fused-ring (bicyclic) bond motifs is 1. The Kier molecular flexibility index (Phi) is 5.28. The Morgan fingerprint density at radius 3 is 2.65 bits per heavy atom. The summed E-state index contributed by atoms with van der Waals surface area (Å²) < 4.78 is 5.35. The van der Waals surface area contributed by atoms with Gasteiger partial charge in [0.25, 0.3) is 0 Å². The lowest BCUT2D eigenvalue weighted by Gasteiger charge is -2.13. The van der Waals surface area contributed by atoms with E-state index in [1.807, 2.05) is 24.5 Å². The summed E-state index contributed by atoms with van der Waals surface area (Å²) in [5.41, 5.74) is 4.17. The van der Waals surface area contributed by atoms with Crippen molar-refractivity contribution in [3.63, 3.8) is 0 Å². The minimum Gasteiger partial charge on any atom is -0.494 e. The third-order valence-corrected chi connectivity index (χ3v) is 3.83. The molecule has 1 aromatic carbocycles. The number of methoxy groups -OCH3 is 1. The second-order valence-corrected chi connectivity index (χ2v) is 5.40. The van der Waals surface area contributed by atoms with Gasteiger partial charge in [-0.15, -0.1) is 0 Å². The van der Waals surface area contributed by atoms with Gasteiger partial charge in [0.05, 0.1) is 7.11 Å². The van der Waals surface area contributed by atoms with Crippen LogP contribution in [0.4, 0.5) is 0 Å². The van der Waals surface area contributed by atoms with Gasteiger partial charge in [-0.1, -0.05) is 19.9 Å². The molecule has 0 aliphatic rings. The van der Waals surface area contributed by atoms with Crippen LogP contribution in [-0.4, -0.2) is 23.8 Å². The highest BCUT2D eigenvalue weighted by Gasteiger charge is 2.21. The lowest BCUT2D eigenvalue weighted by molar-refractivity contribution is -0.121. The third kappa shape index (κ3) is 3.48. The van der Waals surface area contributed by atoms with Gasteiger partial charge in [-0.25, -0.2) is 10.8 Å². The summed E-state index contributed by atoms with van der Waals surface area (Å²) in [7, 11) is 1.57. The van der Waals surface area contributed by atoms with Gasteiger partial charge in [0.1, 0.15) is 11.3 Å². The average molecular weight is 315 g/mol. The fraction of sp³-hybridized carbons (Fsp3) is 0.353.